The van der Waals surface area contributed by atoms with Gasteiger partial charge < -0.3 is 24.4 Å². The van der Waals surface area contributed by atoms with E-state index in [0.717, 1.165) is 23.6 Å². The summed E-state index contributed by atoms with van der Waals surface area (Å²) in [7, 11) is 4.02. The Labute approximate surface area is 161 Å². The highest BCUT2D eigenvalue weighted by atomic mass is 16.5. The minimum Gasteiger partial charge on any atom is -0.492 e. The lowest BCUT2D eigenvalue weighted by Gasteiger charge is -2.11. The van der Waals surface area contributed by atoms with Crippen LogP contribution >= 0.6 is 0 Å². The first-order chi connectivity index (χ1) is 13.1. The summed E-state index contributed by atoms with van der Waals surface area (Å²) >= 11 is 0. The molecule has 2 aromatic rings. The number of rotatable bonds is 12. The molecule has 0 spiro atoms. The van der Waals surface area contributed by atoms with Crippen LogP contribution in [0, 0.1) is 0 Å². The topological polar surface area (TPSA) is 60.0 Å². The number of amides is 1. The average molecular weight is 372 g/mol. The largest absolute Gasteiger partial charge is 0.492 e. The molecule has 0 aliphatic heterocycles. The van der Waals surface area contributed by atoms with E-state index in [1.807, 2.05) is 68.7 Å². The van der Waals surface area contributed by atoms with Crippen LogP contribution in [0.4, 0.5) is 0 Å². The van der Waals surface area contributed by atoms with Crippen LogP contribution in [0.1, 0.15) is 5.56 Å². The summed E-state index contributed by atoms with van der Waals surface area (Å²) in [4.78, 5) is 13.9. The lowest BCUT2D eigenvalue weighted by Crippen LogP contribution is -2.27. The summed E-state index contributed by atoms with van der Waals surface area (Å²) in [6.45, 7) is 2.76. The Bertz CT molecular complexity index is 660. The zero-order chi connectivity index (χ0) is 19.3. The maximum absolute atomic E-state index is 11.8. The molecular formula is C21H28N2O4. The average Bonchev–Trinajstić information content (AvgIpc) is 2.67. The Hall–Kier alpha value is -2.57. The lowest BCUT2D eigenvalue weighted by molar-refractivity contribution is -0.126. The van der Waals surface area contributed by atoms with Gasteiger partial charge in [-0.05, 0) is 43.9 Å². The Morgan fingerprint density at radius 3 is 2.26 bits per heavy atom. The van der Waals surface area contributed by atoms with Crippen LogP contribution in [0.3, 0.4) is 0 Å². The number of carbonyl (C=O) groups is 1. The first kappa shape index (κ1) is 20.7. The van der Waals surface area contributed by atoms with Crippen molar-refractivity contribution in [3.63, 3.8) is 0 Å². The smallest absolute Gasteiger partial charge is 0.246 e. The van der Waals surface area contributed by atoms with E-state index in [9.17, 15) is 4.79 Å². The zero-order valence-corrected chi connectivity index (χ0v) is 16.0. The molecule has 0 aliphatic carbocycles. The van der Waals surface area contributed by atoms with Crippen LogP contribution in [0.5, 0.6) is 11.5 Å². The number of nitrogens with zero attached hydrogens (tertiary/aromatic N) is 1. The molecule has 0 heterocycles. The molecule has 0 radical (unpaired) electrons. The summed E-state index contributed by atoms with van der Waals surface area (Å²) in [6.07, 6.45) is 0. The van der Waals surface area contributed by atoms with Gasteiger partial charge in [0.15, 0.2) is 0 Å². The Morgan fingerprint density at radius 1 is 0.889 bits per heavy atom. The van der Waals surface area contributed by atoms with E-state index >= 15 is 0 Å². The molecule has 0 bridgehead atoms. The maximum Gasteiger partial charge on any atom is 0.246 e. The second-order valence-electron chi connectivity index (χ2n) is 6.29. The van der Waals surface area contributed by atoms with Crippen molar-refractivity contribution in [2.75, 3.05) is 47.1 Å². The molecule has 2 aromatic carbocycles. The van der Waals surface area contributed by atoms with Crippen molar-refractivity contribution in [1.29, 1.82) is 0 Å². The third kappa shape index (κ3) is 9.08. The van der Waals surface area contributed by atoms with E-state index < -0.39 is 0 Å². The SMILES string of the molecule is CN(C)CCOc1ccc(CNC(=O)COCCOc2ccccc2)cc1. The molecule has 1 amide bonds. The molecule has 146 valence electrons. The van der Waals surface area contributed by atoms with Crippen molar-refractivity contribution < 1.29 is 19.0 Å². The summed E-state index contributed by atoms with van der Waals surface area (Å²) < 4.78 is 16.5. The number of para-hydroxylation sites is 1. The number of ether oxygens (including phenoxy) is 3. The third-order valence-corrected chi connectivity index (χ3v) is 3.69. The number of carbonyl (C=O) groups excluding carboxylic acids is 1. The van der Waals surface area contributed by atoms with Gasteiger partial charge in [-0.25, -0.2) is 0 Å². The summed E-state index contributed by atoms with van der Waals surface area (Å²) in [5.41, 5.74) is 1.01. The van der Waals surface area contributed by atoms with Gasteiger partial charge in [0.25, 0.3) is 0 Å². The van der Waals surface area contributed by atoms with Crippen molar-refractivity contribution in [1.82, 2.24) is 10.2 Å². The standard InChI is InChI=1S/C21H28N2O4/c1-23(2)12-13-26-20-10-8-18(9-11-20)16-22-21(24)17-25-14-15-27-19-6-4-3-5-7-19/h3-11H,12-17H2,1-2H3,(H,22,24). The molecule has 6 heteroatoms. The van der Waals surface area contributed by atoms with Crippen LogP contribution < -0.4 is 14.8 Å². The van der Waals surface area contributed by atoms with Gasteiger partial charge in [-0.3, -0.25) is 4.79 Å². The van der Waals surface area contributed by atoms with Gasteiger partial charge in [0.1, 0.15) is 31.3 Å². The van der Waals surface area contributed by atoms with Crippen LogP contribution in [-0.4, -0.2) is 57.9 Å². The number of nitrogens with one attached hydrogen (secondary N) is 1. The minimum absolute atomic E-state index is 0.0177. The molecule has 0 aliphatic rings. The van der Waals surface area contributed by atoms with E-state index in [1.54, 1.807) is 0 Å². The zero-order valence-electron chi connectivity index (χ0n) is 16.0. The fourth-order valence-electron chi connectivity index (χ4n) is 2.20. The molecule has 0 atom stereocenters. The molecule has 0 fully saturated rings. The molecule has 0 unspecified atom stereocenters. The van der Waals surface area contributed by atoms with Crippen molar-refractivity contribution in [2.24, 2.45) is 0 Å². The van der Waals surface area contributed by atoms with Gasteiger partial charge in [0.05, 0.1) is 6.61 Å². The van der Waals surface area contributed by atoms with Gasteiger partial charge in [-0.2, -0.15) is 0 Å². The molecular weight excluding hydrogens is 344 g/mol. The Morgan fingerprint density at radius 2 is 1.56 bits per heavy atom. The van der Waals surface area contributed by atoms with Crippen molar-refractivity contribution in [2.45, 2.75) is 6.54 Å². The number of hydrogen-bond donors (Lipinski definition) is 1. The van der Waals surface area contributed by atoms with E-state index in [2.05, 4.69) is 10.2 Å². The second-order valence-corrected chi connectivity index (χ2v) is 6.29. The van der Waals surface area contributed by atoms with Crippen molar-refractivity contribution in [3.8, 4) is 11.5 Å². The predicted molar refractivity (Wildman–Crippen MR) is 105 cm³/mol. The van der Waals surface area contributed by atoms with Gasteiger partial charge in [0, 0.05) is 13.1 Å². The fraction of sp³-hybridized carbons (Fsp3) is 0.381. The maximum atomic E-state index is 11.8. The summed E-state index contributed by atoms with van der Waals surface area (Å²) in [6, 6.07) is 17.2. The Balaban J connectivity index is 1.55. The summed E-state index contributed by atoms with van der Waals surface area (Å²) in [5, 5.41) is 2.83. The van der Waals surface area contributed by atoms with E-state index in [-0.39, 0.29) is 12.5 Å². The molecule has 27 heavy (non-hydrogen) atoms. The number of benzene rings is 2. The highest BCUT2D eigenvalue weighted by Crippen LogP contribution is 2.12. The van der Waals surface area contributed by atoms with Crippen LogP contribution in [-0.2, 0) is 16.1 Å². The molecule has 0 aromatic heterocycles. The highest BCUT2D eigenvalue weighted by Gasteiger charge is 2.03. The van der Waals surface area contributed by atoms with Gasteiger partial charge in [-0.1, -0.05) is 30.3 Å². The predicted octanol–water partition coefficient (Wildman–Crippen LogP) is 2.34. The normalized spacial score (nSPS) is 10.6. The van der Waals surface area contributed by atoms with Gasteiger partial charge in [-0.15, -0.1) is 0 Å². The number of likely N-dealkylation sites (N-methyl/N-ethyl adjacent to an activating group) is 1. The quantitative estimate of drug-likeness (QED) is 0.580. The second kappa shape index (κ2) is 11.9. The van der Waals surface area contributed by atoms with Crippen LogP contribution in [0.25, 0.3) is 0 Å². The lowest BCUT2D eigenvalue weighted by atomic mass is 10.2. The molecule has 2 rings (SSSR count). The monoisotopic (exact) mass is 372 g/mol. The fourth-order valence-corrected chi connectivity index (χ4v) is 2.20. The van der Waals surface area contributed by atoms with Crippen molar-refractivity contribution >= 4 is 5.91 Å². The van der Waals surface area contributed by atoms with Crippen LogP contribution in [0.2, 0.25) is 0 Å². The van der Waals surface area contributed by atoms with Crippen molar-refractivity contribution in [3.05, 3.63) is 60.2 Å². The van der Waals surface area contributed by atoms with E-state index in [1.165, 1.54) is 0 Å². The molecule has 0 saturated heterocycles. The van der Waals surface area contributed by atoms with Gasteiger partial charge >= 0.3 is 0 Å². The van der Waals surface area contributed by atoms with Crippen LogP contribution in [0.15, 0.2) is 54.6 Å². The Kier molecular flexibility index (Phi) is 9.17. The highest BCUT2D eigenvalue weighted by molar-refractivity contribution is 5.77. The molecule has 0 saturated carbocycles. The first-order valence-electron chi connectivity index (χ1n) is 9.02. The van der Waals surface area contributed by atoms with Gasteiger partial charge in [0.2, 0.25) is 5.91 Å². The van der Waals surface area contributed by atoms with E-state index in [4.69, 9.17) is 14.2 Å². The molecule has 1 N–H and O–H groups in total. The minimum atomic E-state index is -0.152. The third-order valence-electron chi connectivity index (χ3n) is 3.69. The van der Waals surface area contributed by atoms with E-state index in [0.29, 0.717) is 26.4 Å². The number of hydrogen-bond acceptors (Lipinski definition) is 5. The summed E-state index contributed by atoms with van der Waals surface area (Å²) in [5.74, 6) is 1.47. The molecule has 6 nitrogen and oxygen atoms in total. The first-order valence-corrected chi connectivity index (χ1v) is 9.02.